The molecule has 0 spiro atoms. The molecule has 0 aliphatic rings. The lowest BCUT2D eigenvalue weighted by atomic mass is 10.1. The Labute approximate surface area is 109 Å². The third-order valence-electron chi connectivity index (χ3n) is 3.13. The highest BCUT2D eigenvalue weighted by Crippen LogP contribution is 2.11. The largest absolute Gasteiger partial charge is 0.384 e. The predicted molar refractivity (Wildman–Crippen MR) is 74.3 cm³/mol. The molecule has 0 fully saturated rings. The Hall–Kier alpha value is -1.58. The molecule has 0 aliphatic heterocycles. The minimum absolute atomic E-state index is 0.0231. The standard InChI is InChI=1S/C14H23N3O/c1-4-6-10-17(11(3)5-2)14(18)12-8-7-9-13(15)16-12/h7-9,11H,4-6,10H2,1-3H3,(H2,15,16). The molecule has 1 amide bonds. The maximum absolute atomic E-state index is 12.4. The number of hydrogen-bond acceptors (Lipinski definition) is 3. The van der Waals surface area contributed by atoms with Gasteiger partial charge in [-0.05, 0) is 31.9 Å². The van der Waals surface area contributed by atoms with Gasteiger partial charge in [0, 0.05) is 12.6 Å². The average molecular weight is 249 g/mol. The first-order valence-corrected chi connectivity index (χ1v) is 6.63. The van der Waals surface area contributed by atoms with E-state index >= 15 is 0 Å². The fourth-order valence-corrected chi connectivity index (χ4v) is 1.79. The van der Waals surface area contributed by atoms with E-state index in [9.17, 15) is 4.79 Å². The van der Waals surface area contributed by atoms with Gasteiger partial charge in [-0.2, -0.15) is 0 Å². The van der Waals surface area contributed by atoms with Gasteiger partial charge in [-0.3, -0.25) is 4.79 Å². The number of aromatic nitrogens is 1. The smallest absolute Gasteiger partial charge is 0.272 e. The molecule has 1 rings (SSSR count). The molecule has 0 radical (unpaired) electrons. The maximum Gasteiger partial charge on any atom is 0.272 e. The van der Waals surface area contributed by atoms with Gasteiger partial charge >= 0.3 is 0 Å². The van der Waals surface area contributed by atoms with E-state index in [1.54, 1.807) is 18.2 Å². The molecule has 1 unspecified atom stereocenters. The number of unbranched alkanes of at least 4 members (excludes halogenated alkanes) is 1. The van der Waals surface area contributed by atoms with E-state index in [1.165, 1.54) is 0 Å². The summed E-state index contributed by atoms with van der Waals surface area (Å²) in [5.41, 5.74) is 6.06. The summed E-state index contributed by atoms with van der Waals surface area (Å²) in [6.45, 7) is 7.06. The average Bonchev–Trinajstić information content (AvgIpc) is 2.38. The first-order chi connectivity index (χ1) is 8.60. The van der Waals surface area contributed by atoms with E-state index < -0.39 is 0 Å². The molecule has 0 aromatic carbocycles. The van der Waals surface area contributed by atoms with E-state index in [0.29, 0.717) is 11.5 Å². The van der Waals surface area contributed by atoms with Gasteiger partial charge in [-0.25, -0.2) is 4.98 Å². The molecule has 4 nitrogen and oxygen atoms in total. The SMILES string of the molecule is CCCCN(C(=O)c1cccc(N)n1)C(C)CC. The zero-order chi connectivity index (χ0) is 13.5. The van der Waals surface area contributed by atoms with Crippen molar-refractivity contribution in [3.8, 4) is 0 Å². The summed E-state index contributed by atoms with van der Waals surface area (Å²) < 4.78 is 0. The highest BCUT2D eigenvalue weighted by molar-refractivity contribution is 5.92. The van der Waals surface area contributed by atoms with Gasteiger partial charge in [-0.1, -0.05) is 26.3 Å². The van der Waals surface area contributed by atoms with Crippen molar-refractivity contribution >= 4 is 11.7 Å². The molecule has 1 heterocycles. The minimum Gasteiger partial charge on any atom is -0.384 e. The van der Waals surface area contributed by atoms with Crippen molar-refractivity contribution in [3.05, 3.63) is 23.9 Å². The van der Waals surface area contributed by atoms with Crippen molar-refractivity contribution in [3.63, 3.8) is 0 Å². The number of nitrogens with two attached hydrogens (primary N) is 1. The Bertz CT molecular complexity index is 392. The number of hydrogen-bond donors (Lipinski definition) is 1. The number of nitrogens with zero attached hydrogens (tertiary/aromatic N) is 2. The van der Waals surface area contributed by atoms with Gasteiger partial charge in [0.25, 0.3) is 5.91 Å². The lowest BCUT2D eigenvalue weighted by molar-refractivity contribution is 0.0679. The monoisotopic (exact) mass is 249 g/mol. The highest BCUT2D eigenvalue weighted by Gasteiger charge is 2.20. The number of nitrogen functional groups attached to an aromatic ring is 1. The summed E-state index contributed by atoms with van der Waals surface area (Å²) in [4.78, 5) is 18.4. The van der Waals surface area contributed by atoms with E-state index in [2.05, 4.69) is 25.8 Å². The molecule has 4 heteroatoms. The summed E-state index contributed by atoms with van der Waals surface area (Å²) in [7, 11) is 0. The van der Waals surface area contributed by atoms with Crippen LogP contribution >= 0.6 is 0 Å². The van der Waals surface area contributed by atoms with Crippen molar-refractivity contribution in [2.45, 2.75) is 46.1 Å². The fraction of sp³-hybridized carbons (Fsp3) is 0.571. The number of amides is 1. The first-order valence-electron chi connectivity index (χ1n) is 6.63. The second kappa shape index (κ2) is 6.99. The molecule has 1 aromatic rings. The van der Waals surface area contributed by atoms with Crippen LogP contribution in [0.25, 0.3) is 0 Å². The fourth-order valence-electron chi connectivity index (χ4n) is 1.79. The summed E-state index contributed by atoms with van der Waals surface area (Å²) in [5, 5.41) is 0. The molecule has 0 saturated heterocycles. The van der Waals surface area contributed by atoms with E-state index in [1.807, 2.05) is 4.90 Å². The van der Waals surface area contributed by atoms with Crippen molar-refractivity contribution in [2.75, 3.05) is 12.3 Å². The Kier molecular flexibility index (Phi) is 5.62. The zero-order valence-corrected chi connectivity index (χ0v) is 11.5. The second-order valence-electron chi connectivity index (χ2n) is 4.56. The van der Waals surface area contributed by atoms with E-state index in [0.717, 1.165) is 25.8 Å². The summed E-state index contributed by atoms with van der Waals surface area (Å²) >= 11 is 0. The number of rotatable bonds is 6. The third-order valence-corrected chi connectivity index (χ3v) is 3.13. The Balaban J connectivity index is 2.87. The van der Waals surface area contributed by atoms with Gasteiger partial charge in [0.15, 0.2) is 0 Å². The Morgan fingerprint density at radius 2 is 2.17 bits per heavy atom. The molecule has 0 saturated carbocycles. The predicted octanol–water partition coefficient (Wildman–Crippen LogP) is 2.70. The molecular weight excluding hydrogens is 226 g/mol. The minimum atomic E-state index is -0.0231. The lowest BCUT2D eigenvalue weighted by Crippen LogP contribution is -2.39. The van der Waals surface area contributed by atoms with Crippen LogP contribution in [0.3, 0.4) is 0 Å². The van der Waals surface area contributed by atoms with Crippen LogP contribution < -0.4 is 5.73 Å². The third kappa shape index (κ3) is 3.72. The van der Waals surface area contributed by atoms with Crippen LogP contribution in [-0.2, 0) is 0 Å². The zero-order valence-electron chi connectivity index (χ0n) is 11.5. The molecular formula is C14H23N3O. The highest BCUT2D eigenvalue weighted by atomic mass is 16.2. The number of carbonyl (C=O) groups is 1. The topological polar surface area (TPSA) is 59.2 Å². The van der Waals surface area contributed by atoms with Crippen molar-refractivity contribution < 1.29 is 4.79 Å². The first kappa shape index (κ1) is 14.5. The number of carbonyl (C=O) groups excluding carboxylic acids is 1. The lowest BCUT2D eigenvalue weighted by Gasteiger charge is -2.28. The summed E-state index contributed by atoms with van der Waals surface area (Å²) in [6.07, 6.45) is 3.03. The van der Waals surface area contributed by atoms with Crippen LogP contribution in [0.15, 0.2) is 18.2 Å². The van der Waals surface area contributed by atoms with Crippen molar-refractivity contribution in [1.82, 2.24) is 9.88 Å². The van der Waals surface area contributed by atoms with Gasteiger partial charge in [-0.15, -0.1) is 0 Å². The Morgan fingerprint density at radius 1 is 1.44 bits per heavy atom. The van der Waals surface area contributed by atoms with Crippen molar-refractivity contribution in [1.29, 1.82) is 0 Å². The van der Waals surface area contributed by atoms with Crippen molar-refractivity contribution in [2.24, 2.45) is 0 Å². The van der Waals surface area contributed by atoms with Gasteiger partial charge in [0.05, 0.1) is 0 Å². The van der Waals surface area contributed by atoms with E-state index in [4.69, 9.17) is 5.73 Å². The van der Waals surface area contributed by atoms with Gasteiger partial charge in [0.2, 0.25) is 0 Å². The van der Waals surface area contributed by atoms with Gasteiger partial charge in [0.1, 0.15) is 11.5 Å². The summed E-state index contributed by atoms with van der Waals surface area (Å²) in [6, 6.07) is 5.41. The molecule has 0 bridgehead atoms. The molecule has 1 atom stereocenters. The maximum atomic E-state index is 12.4. The van der Waals surface area contributed by atoms with Crippen LogP contribution in [0, 0.1) is 0 Å². The second-order valence-corrected chi connectivity index (χ2v) is 4.56. The number of pyridine rings is 1. The van der Waals surface area contributed by atoms with Crippen LogP contribution in [0.2, 0.25) is 0 Å². The molecule has 2 N–H and O–H groups in total. The van der Waals surface area contributed by atoms with Gasteiger partial charge < -0.3 is 10.6 Å². The van der Waals surface area contributed by atoms with Crippen LogP contribution in [0.5, 0.6) is 0 Å². The normalized spacial score (nSPS) is 12.2. The molecule has 1 aromatic heterocycles. The number of anilines is 1. The molecule has 100 valence electrons. The molecule has 0 aliphatic carbocycles. The quantitative estimate of drug-likeness (QED) is 0.843. The summed E-state index contributed by atoms with van der Waals surface area (Å²) in [5.74, 6) is 0.366. The Morgan fingerprint density at radius 3 is 2.72 bits per heavy atom. The van der Waals surface area contributed by atoms with Crippen LogP contribution in [-0.4, -0.2) is 28.4 Å². The van der Waals surface area contributed by atoms with Crippen LogP contribution in [0.4, 0.5) is 5.82 Å². The molecule has 18 heavy (non-hydrogen) atoms. The van der Waals surface area contributed by atoms with E-state index in [-0.39, 0.29) is 11.9 Å². The van der Waals surface area contributed by atoms with Crippen LogP contribution in [0.1, 0.15) is 50.5 Å².